The number of hydrogen-bond acceptors (Lipinski definition) is 9. The van der Waals surface area contributed by atoms with Crippen molar-refractivity contribution in [3.8, 4) is 0 Å². The Labute approximate surface area is 134 Å². The maximum atomic E-state index is 5.47. The Hall–Kier alpha value is -2.00. The zero-order valence-corrected chi connectivity index (χ0v) is 13.7. The minimum absolute atomic E-state index is 0.143. The highest BCUT2D eigenvalue weighted by molar-refractivity contribution is 5.24. The van der Waals surface area contributed by atoms with E-state index in [-0.39, 0.29) is 6.10 Å². The lowest BCUT2D eigenvalue weighted by molar-refractivity contribution is 0.0683. The van der Waals surface area contributed by atoms with Crippen molar-refractivity contribution < 1.29 is 13.7 Å². The Morgan fingerprint density at radius 1 is 1.22 bits per heavy atom. The van der Waals surface area contributed by atoms with Crippen molar-refractivity contribution >= 4 is 6.01 Å². The van der Waals surface area contributed by atoms with E-state index in [4.69, 9.17) is 13.7 Å². The molecule has 0 radical (unpaired) electrons. The Kier molecular flexibility index (Phi) is 4.87. The normalized spacial score (nSPS) is 17.6. The average Bonchev–Trinajstić information content (AvgIpc) is 3.18. The lowest BCUT2D eigenvalue weighted by Crippen LogP contribution is -2.46. The summed E-state index contributed by atoms with van der Waals surface area (Å²) in [4.78, 5) is 8.76. The van der Waals surface area contributed by atoms with Crippen LogP contribution in [-0.4, -0.2) is 58.0 Å². The summed E-state index contributed by atoms with van der Waals surface area (Å²) in [7, 11) is 0. The third-order valence-electron chi connectivity index (χ3n) is 3.78. The zero-order valence-electron chi connectivity index (χ0n) is 13.7. The van der Waals surface area contributed by atoms with E-state index in [1.807, 2.05) is 13.8 Å². The van der Waals surface area contributed by atoms with Gasteiger partial charge >= 0.3 is 6.01 Å². The van der Waals surface area contributed by atoms with Crippen LogP contribution in [0.15, 0.2) is 8.94 Å². The second-order valence-corrected chi connectivity index (χ2v) is 5.51. The molecule has 0 spiro atoms. The predicted molar refractivity (Wildman–Crippen MR) is 80.9 cm³/mol. The summed E-state index contributed by atoms with van der Waals surface area (Å²) in [5, 5.41) is 11.9. The van der Waals surface area contributed by atoms with Gasteiger partial charge in [0, 0.05) is 39.7 Å². The molecule has 23 heavy (non-hydrogen) atoms. The second-order valence-electron chi connectivity index (χ2n) is 5.51. The van der Waals surface area contributed by atoms with Crippen LogP contribution >= 0.6 is 0 Å². The Morgan fingerprint density at radius 2 is 2.00 bits per heavy atom. The lowest BCUT2D eigenvalue weighted by Gasteiger charge is -2.32. The number of nitrogens with zero attached hydrogens (tertiary/aromatic N) is 6. The minimum Gasteiger partial charge on any atom is -0.408 e. The number of piperazine rings is 1. The monoisotopic (exact) mass is 322 g/mol. The van der Waals surface area contributed by atoms with Crippen molar-refractivity contribution in [3.05, 3.63) is 17.6 Å². The molecule has 1 fully saturated rings. The standard InChI is InChI=1S/C14H22N6O3/c1-4-21-10(2)13-15-12(23-18-13)9-19-5-7-20(8-6-19)14-17-16-11(3)22-14/h10H,4-9H2,1-3H3. The lowest BCUT2D eigenvalue weighted by atomic mass is 10.3. The second kappa shape index (κ2) is 7.05. The van der Waals surface area contributed by atoms with Crippen LogP contribution in [0.2, 0.25) is 0 Å². The number of aromatic nitrogens is 4. The third-order valence-corrected chi connectivity index (χ3v) is 3.78. The van der Waals surface area contributed by atoms with E-state index in [1.165, 1.54) is 0 Å². The molecule has 1 atom stereocenters. The van der Waals surface area contributed by atoms with Crippen molar-refractivity contribution in [1.29, 1.82) is 0 Å². The fraction of sp³-hybridized carbons (Fsp3) is 0.714. The summed E-state index contributed by atoms with van der Waals surface area (Å²) in [6.45, 7) is 10.3. The van der Waals surface area contributed by atoms with Gasteiger partial charge in [-0.25, -0.2) is 0 Å². The SMILES string of the molecule is CCOC(C)c1noc(CN2CCN(c3nnc(C)o3)CC2)n1. The van der Waals surface area contributed by atoms with E-state index < -0.39 is 0 Å². The summed E-state index contributed by atoms with van der Waals surface area (Å²) in [6.07, 6.45) is -0.143. The van der Waals surface area contributed by atoms with Crippen molar-refractivity contribution in [1.82, 2.24) is 25.2 Å². The number of rotatable bonds is 6. The molecule has 0 aliphatic carbocycles. The van der Waals surface area contributed by atoms with Gasteiger partial charge in [-0.2, -0.15) is 4.98 Å². The van der Waals surface area contributed by atoms with E-state index in [1.54, 1.807) is 6.92 Å². The molecular weight excluding hydrogens is 300 g/mol. The van der Waals surface area contributed by atoms with E-state index in [9.17, 15) is 0 Å². The predicted octanol–water partition coefficient (Wildman–Crippen LogP) is 1.18. The highest BCUT2D eigenvalue weighted by Crippen LogP contribution is 2.17. The van der Waals surface area contributed by atoms with Crippen LogP contribution in [0.5, 0.6) is 0 Å². The maximum Gasteiger partial charge on any atom is 0.318 e. The topological polar surface area (TPSA) is 93.6 Å². The first-order valence-electron chi connectivity index (χ1n) is 7.87. The van der Waals surface area contributed by atoms with E-state index >= 15 is 0 Å². The van der Waals surface area contributed by atoms with Gasteiger partial charge in [0.2, 0.25) is 11.8 Å². The van der Waals surface area contributed by atoms with Gasteiger partial charge in [-0.3, -0.25) is 4.90 Å². The van der Waals surface area contributed by atoms with Crippen LogP contribution in [0, 0.1) is 6.92 Å². The highest BCUT2D eigenvalue weighted by atomic mass is 16.5. The minimum atomic E-state index is -0.143. The van der Waals surface area contributed by atoms with Gasteiger partial charge in [-0.05, 0) is 13.8 Å². The van der Waals surface area contributed by atoms with Crippen LogP contribution in [0.4, 0.5) is 6.01 Å². The molecule has 2 aromatic rings. The third kappa shape index (κ3) is 3.85. The highest BCUT2D eigenvalue weighted by Gasteiger charge is 2.23. The Morgan fingerprint density at radius 3 is 2.65 bits per heavy atom. The molecule has 0 bridgehead atoms. The van der Waals surface area contributed by atoms with Gasteiger partial charge in [-0.15, -0.1) is 5.10 Å². The molecule has 0 saturated carbocycles. The molecule has 0 aromatic carbocycles. The van der Waals surface area contributed by atoms with Crippen LogP contribution < -0.4 is 4.90 Å². The molecule has 1 unspecified atom stereocenters. The van der Waals surface area contributed by atoms with E-state index in [2.05, 4.69) is 30.1 Å². The molecule has 0 N–H and O–H groups in total. The van der Waals surface area contributed by atoms with Gasteiger partial charge < -0.3 is 18.6 Å². The molecule has 9 heteroatoms. The molecule has 126 valence electrons. The van der Waals surface area contributed by atoms with Crippen LogP contribution in [0.3, 0.4) is 0 Å². The van der Waals surface area contributed by atoms with Crippen molar-refractivity contribution in [3.63, 3.8) is 0 Å². The largest absolute Gasteiger partial charge is 0.408 e. The van der Waals surface area contributed by atoms with Gasteiger partial charge in [0.1, 0.15) is 6.10 Å². The van der Waals surface area contributed by atoms with E-state index in [0.29, 0.717) is 36.8 Å². The number of anilines is 1. The summed E-state index contributed by atoms with van der Waals surface area (Å²) in [5.41, 5.74) is 0. The zero-order chi connectivity index (χ0) is 16.2. The average molecular weight is 322 g/mol. The molecule has 9 nitrogen and oxygen atoms in total. The number of aryl methyl sites for hydroxylation is 1. The van der Waals surface area contributed by atoms with Gasteiger partial charge in [-0.1, -0.05) is 10.3 Å². The van der Waals surface area contributed by atoms with Crippen LogP contribution in [-0.2, 0) is 11.3 Å². The maximum absolute atomic E-state index is 5.47. The van der Waals surface area contributed by atoms with Crippen LogP contribution in [0.25, 0.3) is 0 Å². The molecule has 3 rings (SSSR count). The van der Waals surface area contributed by atoms with E-state index in [0.717, 1.165) is 26.2 Å². The molecule has 1 saturated heterocycles. The quantitative estimate of drug-likeness (QED) is 0.777. The number of ether oxygens (including phenoxy) is 1. The van der Waals surface area contributed by atoms with Crippen LogP contribution in [0.1, 0.15) is 37.6 Å². The van der Waals surface area contributed by atoms with Gasteiger partial charge in [0.25, 0.3) is 0 Å². The molecule has 3 heterocycles. The summed E-state index contributed by atoms with van der Waals surface area (Å²) >= 11 is 0. The molecule has 1 aliphatic rings. The van der Waals surface area contributed by atoms with Crippen molar-refractivity contribution in [2.45, 2.75) is 33.4 Å². The fourth-order valence-corrected chi connectivity index (χ4v) is 2.52. The molecular formula is C14H22N6O3. The van der Waals surface area contributed by atoms with Gasteiger partial charge in [0.05, 0.1) is 6.54 Å². The van der Waals surface area contributed by atoms with Gasteiger partial charge in [0.15, 0.2) is 5.82 Å². The first-order chi connectivity index (χ1) is 11.2. The summed E-state index contributed by atoms with van der Waals surface area (Å²) < 4.78 is 16.2. The molecule has 0 amide bonds. The fourth-order valence-electron chi connectivity index (χ4n) is 2.52. The summed E-state index contributed by atoms with van der Waals surface area (Å²) in [5.74, 6) is 1.81. The number of hydrogen-bond donors (Lipinski definition) is 0. The molecule has 1 aliphatic heterocycles. The van der Waals surface area contributed by atoms with Crippen molar-refractivity contribution in [2.75, 3.05) is 37.7 Å². The Bertz CT molecular complexity index is 620. The molecule has 2 aromatic heterocycles. The smallest absolute Gasteiger partial charge is 0.318 e. The first kappa shape index (κ1) is 15.9. The first-order valence-corrected chi connectivity index (χ1v) is 7.87. The Balaban J connectivity index is 1.51. The van der Waals surface area contributed by atoms with Crippen molar-refractivity contribution in [2.24, 2.45) is 0 Å². The summed E-state index contributed by atoms with van der Waals surface area (Å²) in [6, 6.07) is 0.591.